The number of amides is 1. The number of benzene rings is 2. The van der Waals surface area contributed by atoms with Gasteiger partial charge in [0.15, 0.2) is 0 Å². The normalized spacial score (nSPS) is 25.2. The van der Waals surface area contributed by atoms with E-state index in [1.54, 1.807) is 0 Å². The monoisotopic (exact) mass is 427 g/mol. The predicted molar refractivity (Wildman–Crippen MR) is 124 cm³/mol. The van der Waals surface area contributed by atoms with Crippen molar-refractivity contribution in [3.05, 3.63) is 63.9 Å². The zero-order chi connectivity index (χ0) is 22.4. The Kier molecular flexibility index (Phi) is 4.93. The van der Waals surface area contributed by atoms with Gasteiger partial charge in [0.25, 0.3) is 5.56 Å². The highest BCUT2D eigenvalue weighted by Crippen LogP contribution is 2.41. The molecule has 4 unspecified atom stereocenters. The van der Waals surface area contributed by atoms with Crippen LogP contribution < -0.4 is 15.8 Å². The molecule has 162 valence electrons. The fourth-order valence-electron chi connectivity index (χ4n) is 5.32. The Bertz CT molecular complexity index is 1290. The van der Waals surface area contributed by atoms with E-state index in [4.69, 9.17) is 4.98 Å². The number of aromatic amines is 1. The van der Waals surface area contributed by atoms with Gasteiger partial charge >= 0.3 is 0 Å². The second kappa shape index (κ2) is 7.79. The molecule has 2 aromatic carbocycles. The van der Waals surface area contributed by atoms with E-state index in [2.05, 4.69) is 35.1 Å². The van der Waals surface area contributed by atoms with Crippen molar-refractivity contribution in [3.8, 4) is 6.07 Å². The Morgan fingerprint density at radius 3 is 2.53 bits per heavy atom. The second-order valence-electron chi connectivity index (χ2n) is 8.83. The Labute approximate surface area is 186 Å². The third kappa shape index (κ3) is 3.14. The highest BCUT2D eigenvalue weighted by Gasteiger charge is 2.41. The summed E-state index contributed by atoms with van der Waals surface area (Å²) in [6.45, 7) is 4.25. The molecule has 3 heterocycles. The highest BCUT2D eigenvalue weighted by molar-refractivity contribution is 5.99. The van der Waals surface area contributed by atoms with E-state index in [1.165, 1.54) is 0 Å². The molecule has 4 atom stereocenters. The van der Waals surface area contributed by atoms with Crippen molar-refractivity contribution in [2.75, 3.05) is 10.2 Å². The van der Waals surface area contributed by atoms with Crippen molar-refractivity contribution in [2.45, 2.75) is 51.1 Å². The number of hydrogen-bond acceptors (Lipinski definition) is 5. The molecule has 2 aliphatic heterocycles. The third-order valence-electron chi connectivity index (χ3n) is 6.85. The highest BCUT2D eigenvalue weighted by atomic mass is 16.2. The van der Waals surface area contributed by atoms with Crippen molar-refractivity contribution >= 4 is 28.4 Å². The Morgan fingerprint density at radius 2 is 1.78 bits per heavy atom. The van der Waals surface area contributed by atoms with E-state index in [1.807, 2.05) is 42.5 Å². The lowest BCUT2D eigenvalue weighted by Crippen LogP contribution is -2.46. The summed E-state index contributed by atoms with van der Waals surface area (Å²) in [5.74, 6) is -1.42. The first-order chi connectivity index (χ1) is 15.5. The second-order valence-corrected chi connectivity index (χ2v) is 8.83. The molecule has 0 bridgehead atoms. The van der Waals surface area contributed by atoms with Crippen LogP contribution in [0.15, 0.2) is 47.3 Å². The van der Waals surface area contributed by atoms with Gasteiger partial charge in [0.2, 0.25) is 11.9 Å². The van der Waals surface area contributed by atoms with Gasteiger partial charge in [-0.1, -0.05) is 42.5 Å². The van der Waals surface area contributed by atoms with Crippen molar-refractivity contribution in [2.24, 2.45) is 5.92 Å². The fourth-order valence-corrected chi connectivity index (χ4v) is 5.32. The van der Waals surface area contributed by atoms with Crippen LogP contribution in [0.3, 0.4) is 0 Å². The van der Waals surface area contributed by atoms with Crippen LogP contribution in [0.5, 0.6) is 0 Å². The number of nitrogens with zero attached hydrogens (tertiary/aromatic N) is 3. The first kappa shape index (κ1) is 20.3. The molecule has 2 aliphatic rings. The Balaban J connectivity index is 1.71. The number of nitrogens with one attached hydrogen (secondary N) is 2. The van der Waals surface area contributed by atoms with Crippen LogP contribution in [-0.2, 0) is 4.79 Å². The molecule has 1 fully saturated rings. The number of hydrogen-bond donors (Lipinski definition) is 2. The fraction of sp³-hybridized carbons (Fsp3) is 0.360. The maximum atomic E-state index is 13.4. The number of anilines is 2. The van der Waals surface area contributed by atoms with E-state index in [0.29, 0.717) is 11.5 Å². The zero-order valence-corrected chi connectivity index (χ0v) is 18.1. The first-order valence-electron chi connectivity index (χ1n) is 11.1. The summed E-state index contributed by atoms with van der Waals surface area (Å²) in [4.78, 5) is 36.2. The lowest BCUT2D eigenvalue weighted by molar-refractivity contribution is -0.119. The van der Waals surface area contributed by atoms with Crippen LogP contribution in [0.2, 0.25) is 0 Å². The number of piperidine rings is 1. The average molecular weight is 428 g/mol. The van der Waals surface area contributed by atoms with Crippen molar-refractivity contribution in [3.63, 3.8) is 0 Å². The van der Waals surface area contributed by atoms with Gasteiger partial charge in [0, 0.05) is 18.0 Å². The van der Waals surface area contributed by atoms with Crippen molar-refractivity contribution in [1.29, 1.82) is 5.26 Å². The Hall–Kier alpha value is -3.66. The molecule has 2 N–H and O–H groups in total. The van der Waals surface area contributed by atoms with Gasteiger partial charge in [-0.3, -0.25) is 14.6 Å². The lowest BCUT2D eigenvalue weighted by Gasteiger charge is -2.40. The number of aromatic nitrogens is 2. The molecule has 32 heavy (non-hydrogen) atoms. The summed E-state index contributed by atoms with van der Waals surface area (Å²) in [6, 6.07) is 16.2. The van der Waals surface area contributed by atoms with Gasteiger partial charge in [0.1, 0.15) is 11.7 Å². The number of rotatable bonds is 2. The van der Waals surface area contributed by atoms with Gasteiger partial charge in [0.05, 0.1) is 11.6 Å². The summed E-state index contributed by atoms with van der Waals surface area (Å²) in [7, 11) is 0. The molecule has 0 radical (unpaired) electrons. The van der Waals surface area contributed by atoms with Gasteiger partial charge in [-0.25, -0.2) is 0 Å². The van der Waals surface area contributed by atoms with E-state index in [0.717, 1.165) is 35.6 Å². The molecule has 1 saturated heterocycles. The number of carbonyl (C=O) groups is 1. The topological polar surface area (TPSA) is 102 Å². The SMILES string of the molecule is CC1CCCC(C)N1c1nc2c(c(=O)[nH]1)C(c1cccc3ccccc13)C(C#N)C(=O)N2. The van der Waals surface area contributed by atoms with Gasteiger partial charge in [-0.2, -0.15) is 10.2 Å². The summed E-state index contributed by atoms with van der Waals surface area (Å²) in [6.07, 6.45) is 3.18. The first-order valence-corrected chi connectivity index (χ1v) is 11.1. The minimum Gasteiger partial charge on any atom is -0.337 e. The average Bonchev–Trinajstić information content (AvgIpc) is 2.77. The molecule has 0 saturated carbocycles. The third-order valence-corrected chi connectivity index (χ3v) is 6.85. The van der Waals surface area contributed by atoms with E-state index in [-0.39, 0.29) is 23.5 Å². The number of nitriles is 1. The minimum absolute atomic E-state index is 0.236. The van der Waals surface area contributed by atoms with E-state index in [9.17, 15) is 14.9 Å². The molecule has 1 amide bonds. The maximum Gasteiger partial charge on any atom is 0.258 e. The number of H-pyrrole nitrogens is 1. The summed E-state index contributed by atoms with van der Waals surface area (Å²) in [5, 5.41) is 14.5. The largest absolute Gasteiger partial charge is 0.337 e. The molecule has 3 aromatic rings. The summed E-state index contributed by atoms with van der Waals surface area (Å²) < 4.78 is 0. The molecular weight excluding hydrogens is 402 g/mol. The maximum absolute atomic E-state index is 13.4. The van der Waals surface area contributed by atoms with Crippen molar-refractivity contribution in [1.82, 2.24) is 9.97 Å². The van der Waals surface area contributed by atoms with E-state index < -0.39 is 17.7 Å². The van der Waals surface area contributed by atoms with E-state index >= 15 is 0 Å². The predicted octanol–water partition coefficient (Wildman–Crippen LogP) is 3.91. The summed E-state index contributed by atoms with van der Waals surface area (Å²) >= 11 is 0. The van der Waals surface area contributed by atoms with Crippen LogP contribution in [0.4, 0.5) is 11.8 Å². The molecule has 1 aromatic heterocycles. The van der Waals surface area contributed by atoms with Crippen LogP contribution in [0.25, 0.3) is 10.8 Å². The minimum atomic E-state index is -1.02. The molecule has 7 nitrogen and oxygen atoms in total. The molecular formula is C25H25N5O2. The lowest BCUT2D eigenvalue weighted by atomic mass is 9.77. The standard InChI is InChI=1S/C25H25N5O2/c1-14-7-5-8-15(2)30(14)25-28-22-21(24(32)29-25)20(19(13-26)23(31)27-22)18-12-6-10-16-9-3-4-11-17(16)18/h3-4,6,9-12,14-15,19-20H,5,7-8H2,1-2H3,(H2,27,28,29,31,32). The van der Waals surface area contributed by atoms with Crippen LogP contribution in [-0.4, -0.2) is 28.0 Å². The van der Waals surface area contributed by atoms with Gasteiger partial charge in [-0.05, 0) is 49.4 Å². The number of fused-ring (bicyclic) bond motifs is 2. The quantitative estimate of drug-likeness (QED) is 0.646. The smallest absolute Gasteiger partial charge is 0.258 e. The van der Waals surface area contributed by atoms with Gasteiger partial charge in [-0.15, -0.1) is 0 Å². The Morgan fingerprint density at radius 1 is 1.06 bits per heavy atom. The zero-order valence-electron chi connectivity index (χ0n) is 18.1. The van der Waals surface area contributed by atoms with Crippen LogP contribution >= 0.6 is 0 Å². The van der Waals surface area contributed by atoms with Crippen molar-refractivity contribution < 1.29 is 4.79 Å². The van der Waals surface area contributed by atoms with Gasteiger partial charge < -0.3 is 10.2 Å². The molecule has 5 rings (SSSR count). The summed E-state index contributed by atoms with van der Waals surface area (Å²) in [5.41, 5.74) is 0.812. The van der Waals surface area contributed by atoms with Crippen LogP contribution in [0.1, 0.15) is 50.2 Å². The molecule has 0 spiro atoms. The number of carbonyl (C=O) groups excluding carboxylic acids is 1. The molecule has 7 heteroatoms. The molecule has 0 aliphatic carbocycles. The van der Waals surface area contributed by atoms with Crippen LogP contribution in [0, 0.1) is 17.2 Å².